The quantitative estimate of drug-likeness (QED) is 0.580. The van der Waals surface area contributed by atoms with E-state index in [2.05, 4.69) is 21.2 Å². The van der Waals surface area contributed by atoms with Gasteiger partial charge in [-0.15, -0.1) is 0 Å². The minimum atomic E-state index is -0.0595. The molecule has 1 rings (SSSR count). The molecule has 0 aromatic heterocycles. The van der Waals surface area contributed by atoms with Gasteiger partial charge in [0.15, 0.2) is 0 Å². The zero-order chi connectivity index (χ0) is 5.98. The number of halogens is 1. The molecule has 0 unspecified atom stereocenters. The summed E-state index contributed by atoms with van der Waals surface area (Å²) in [5, 5.41) is 2.57. The molecule has 0 aromatic rings. The molecule has 0 aliphatic carbocycles. The third-order valence-electron chi connectivity index (χ3n) is 0.799. The summed E-state index contributed by atoms with van der Waals surface area (Å²) >= 11 is 3.08. The van der Waals surface area contributed by atoms with E-state index in [1.807, 2.05) is 0 Å². The molecule has 0 saturated carbocycles. The zero-order valence-electron chi connectivity index (χ0n) is 4.02. The van der Waals surface area contributed by atoms with Gasteiger partial charge < -0.3 is 5.32 Å². The fourth-order valence-electron chi connectivity index (χ4n) is 0.455. The van der Waals surface area contributed by atoms with Crippen LogP contribution in [0.4, 0.5) is 0 Å². The van der Waals surface area contributed by atoms with Crippen LogP contribution in [0.1, 0.15) is 0 Å². The van der Waals surface area contributed by atoms with Crippen LogP contribution in [0.3, 0.4) is 0 Å². The van der Waals surface area contributed by atoms with Gasteiger partial charge in [-0.25, -0.2) is 0 Å². The lowest BCUT2D eigenvalue weighted by atomic mass is 10.5. The molecule has 0 bridgehead atoms. The summed E-state index contributed by atoms with van der Waals surface area (Å²) < 4.78 is 0. The summed E-state index contributed by atoms with van der Waals surface area (Å²) in [5.74, 6) is -0.0595. The van der Waals surface area contributed by atoms with E-state index in [-0.39, 0.29) is 5.91 Å². The Morgan fingerprint density at radius 1 is 1.62 bits per heavy atom. The molecule has 1 amide bonds. The normalized spacial score (nSPS) is 22.1. The fourth-order valence-corrected chi connectivity index (χ4v) is 0.722. The molecule has 3 heteroatoms. The number of nitrogens with one attached hydrogen (secondary N) is 1. The summed E-state index contributed by atoms with van der Waals surface area (Å²) in [6, 6.07) is 0. The molecule has 0 atom stereocenters. The average Bonchev–Trinajstić information content (AvgIpc) is 2.14. The van der Waals surface area contributed by atoms with E-state index in [9.17, 15) is 4.79 Å². The first-order chi connectivity index (χ1) is 3.83. The van der Waals surface area contributed by atoms with Crippen LogP contribution >= 0.6 is 15.9 Å². The summed E-state index contributed by atoms with van der Waals surface area (Å²) in [4.78, 5) is 12.0. The van der Waals surface area contributed by atoms with Crippen molar-refractivity contribution >= 4 is 21.8 Å². The summed E-state index contributed by atoms with van der Waals surface area (Å²) in [7, 11) is 0. The third-order valence-corrected chi connectivity index (χ3v) is 1.29. The average molecular weight is 174 g/mol. The van der Waals surface area contributed by atoms with Crippen LogP contribution < -0.4 is 5.32 Å². The number of hydrogen-bond acceptors (Lipinski definition) is 1. The van der Waals surface area contributed by atoms with Crippen LogP contribution in [0.15, 0.2) is 22.8 Å². The fraction of sp³-hybridized carbons (Fsp3) is 0. The topological polar surface area (TPSA) is 29.1 Å². The van der Waals surface area contributed by atoms with Crippen molar-refractivity contribution in [3.8, 4) is 0 Å². The molecule has 1 aliphatic rings. The van der Waals surface area contributed by atoms with E-state index in [1.54, 1.807) is 11.1 Å². The molecule has 0 aromatic carbocycles. The lowest BCUT2D eigenvalue weighted by Gasteiger charge is -1.88. The van der Waals surface area contributed by atoms with Crippen LogP contribution in [0, 0.1) is 0 Å². The maximum atomic E-state index is 10.4. The first-order valence-corrected chi connectivity index (χ1v) is 3.04. The van der Waals surface area contributed by atoms with E-state index < -0.39 is 0 Å². The highest BCUT2D eigenvalue weighted by Gasteiger charge is 2.03. The zero-order valence-corrected chi connectivity index (χ0v) is 5.60. The minimum absolute atomic E-state index is 0.0595. The van der Waals surface area contributed by atoms with Gasteiger partial charge in [-0.1, -0.05) is 15.9 Å². The van der Waals surface area contributed by atoms with E-state index in [1.165, 1.54) is 6.08 Å². The van der Waals surface area contributed by atoms with Crippen molar-refractivity contribution < 1.29 is 4.79 Å². The molecule has 0 radical (unpaired) electrons. The Hall–Kier alpha value is -0.570. The highest BCUT2D eigenvalue weighted by molar-refractivity contribution is 9.11. The number of amides is 1. The van der Waals surface area contributed by atoms with Crippen LogP contribution in [0.2, 0.25) is 0 Å². The third kappa shape index (κ3) is 0.980. The van der Waals surface area contributed by atoms with Crippen molar-refractivity contribution in [2.45, 2.75) is 0 Å². The Morgan fingerprint density at radius 2 is 2.38 bits per heavy atom. The highest BCUT2D eigenvalue weighted by atomic mass is 79.9. The van der Waals surface area contributed by atoms with Crippen molar-refractivity contribution in [3.05, 3.63) is 22.8 Å². The number of allylic oxidation sites excluding steroid dienone is 1. The predicted molar refractivity (Wildman–Crippen MR) is 34.3 cm³/mol. The van der Waals surface area contributed by atoms with Gasteiger partial charge in [-0.3, -0.25) is 4.79 Å². The lowest BCUT2D eigenvalue weighted by Crippen LogP contribution is -2.12. The Kier molecular flexibility index (Phi) is 1.48. The molecule has 2 nitrogen and oxygen atoms in total. The predicted octanol–water partition coefficient (Wildman–Crippen LogP) is 0.909. The van der Waals surface area contributed by atoms with Crippen LogP contribution in [0.25, 0.3) is 0 Å². The van der Waals surface area contributed by atoms with E-state index in [4.69, 9.17) is 0 Å². The van der Waals surface area contributed by atoms with Gasteiger partial charge in [0.2, 0.25) is 5.91 Å². The van der Waals surface area contributed by atoms with Crippen LogP contribution in [0.5, 0.6) is 0 Å². The Morgan fingerprint density at radius 3 is 2.62 bits per heavy atom. The van der Waals surface area contributed by atoms with Gasteiger partial charge in [0.05, 0.1) is 0 Å². The molecular formula is C5H4BrNO. The molecular weight excluding hydrogens is 170 g/mol. The molecule has 1 N–H and O–H groups in total. The molecule has 0 fully saturated rings. The molecule has 8 heavy (non-hydrogen) atoms. The molecule has 0 spiro atoms. The second-order valence-electron chi connectivity index (χ2n) is 1.39. The number of carbonyl (C=O) groups excluding carboxylic acids is 1. The standard InChI is InChI=1S/C5H4BrNO/c6-3-4-1-2-5(8)7-4/h1-3H,(H,7,8). The van der Waals surface area contributed by atoms with Gasteiger partial charge in [-0.2, -0.15) is 0 Å². The smallest absolute Gasteiger partial charge is 0.248 e. The van der Waals surface area contributed by atoms with Crippen molar-refractivity contribution in [1.82, 2.24) is 5.32 Å². The molecule has 0 saturated heterocycles. The second kappa shape index (κ2) is 2.13. The summed E-state index contributed by atoms with van der Waals surface area (Å²) in [6.07, 6.45) is 3.18. The van der Waals surface area contributed by atoms with Gasteiger partial charge in [0, 0.05) is 16.8 Å². The summed E-state index contributed by atoms with van der Waals surface area (Å²) in [5.41, 5.74) is 0.801. The van der Waals surface area contributed by atoms with Crippen LogP contribution in [-0.2, 0) is 4.79 Å². The Bertz CT molecular complexity index is 171. The number of hydrogen-bond donors (Lipinski definition) is 1. The monoisotopic (exact) mass is 173 g/mol. The number of carbonyl (C=O) groups is 1. The van der Waals surface area contributed by atoms with Crippen molar-refractivity contribution in [1.29, 1.82) is 0 Å². The Labute approximate surface area is 55.4 Å². The molecule has 42 valence electrons. The number of rotatable bonds is 0. The molecule has 1 heterocycles. The van der Waals surface area contributed by atoms with Crippen molar-refractivity contribution in [2.24, 2.45) is 0 Å². The van der Waals surface area contributed by atoms with Gasteiger partial charge in [0.1, 0.15) is 0 Å². The van der Waals surface area contributed by atoms with Gasteiger partial charge in [0.25, 0.3) is 0 Å². The van der Waals surface area contributed by atoms with E-state index >= 15 is 0 Å². The van der Waals surface area contributed by atoms with Crippen molar-refractivity contribution in [2.75, 3.05) is 0 Å². The maximum absolute atomic E-state index is 10.4. The highest BCUT2D eigenvalue weighted by Crippen LogP contribution is 2.01. The molecule has 1 aliphatic heterocycles. The maximum Gasteiger partial charge on any atom is 0.248 e. The Balaban J connectivity index is 2.73. The lowest BCUT2D eigenvalue weighted by molar-refractivity contribution is -0.115. The second-order valence-corrected chi connectivity index (χ2v) is 1.84. The largest absolute Gasteiger partial charge is 0.322 e. The minimum Gasteiger partial charge on any atom is -0.322 e. The van der Waals surface area contributed by atoms with Crippen molar-refractivity contribution in [3.63, 3.8) is 0 Å². The van der Waals surface area contributed by atoms with E-state index in [0.717, 1.165) is 5.70 Å². The van der Waals surface area contributed by atoms with Crippen LogP contribution in [-0.4, -0.2) is 5.91 Å². The van der Waals surface area contributed by atoms with Gasteiger partial charge >= 0.3 is 0 Å². The summed E-state index contributed by atoms with van der Waals surface area (Å²) in [6.45, 7) is 0. The van der Waals surface area contributed by atoms with E-state index in [0.29, 0.717) is 0 Å². The SMILES string of the molecule is O=C1C=CC(=CBr)N1. The first-order valence-electron chi connectivity index (χ1n) is 2.12. The first kappa shape index (κ1) is 5.56. The van der Waals surface area contributed by atoms with Gasteiger partial charge in [-0.05, 0) is 6.08 Å².